The van der Waals surface area contributed by atoms with Gasteiger partial charge >= 0.3 is 0 Å². The first-order valence-electron chi connectivity index (χ1n) is 9.35. The minimum atomic E-state index is -4.02. The van der Waals surface area contributed by atoms with Gasteiger partial charge in [0.25, 0.3) is 0 Å². The van der Waals surface area contributed by atoms with Crippen molar-refractivity contribution in [3.63, 3.8) is 0 Å². The number of fused-ring (bicyclic) bond motifs is 1. The summed E-state index contributed by atoms with van der Waals surface area (Å²) in [7, 11) is -4.02. The van der Waals surface area contributed by atoms with E-state index in [0.29, 0.717) is 10.7 Å². The van der Waals surface area contributed by atoms with Crippen molar-refractivity contribution in [2.24, 2.45) is 0 Å². The summed E-state index contributed by atoms with van der Waals surface area (Å²) in [4.78, 5) is 13.2. The summed E-state index contributed by atoms with van der Waals surface area (Å²) in [6.07, 6.45) is 0.262. The highest BCUT2D eigenvalue weighted by molar-refractivity contribution is 7.89. The fourth-order valence-electron chi connectivity index (χ4n) is 3.69. The summed E-state index contributed by atoms with van der Waals surface area (Å²) in [6.45, 7) is 3.21. The van der Waals surface area contributed by atoms with Crippen molar-refractivity contribution in [3.05, 3.63) is 76.1 Å². The first kappa shape index (κ1) is 20.6. The van der Waals surface area contributed by atoms with Crippen LogP contribution >= 0.6 is 11.6 Å². The van der Waals surface area contributed by atoms with Gasteiger partial charge in [-0.1, -0.05) is 41.0 Å². The van der Waals surface area contributed by atoms with E-state index in [1.807, 2.05) is 24.3 Å². The van der Waals surface area contributed by atoms with Gasteiger partial charge in [-0.05, 0) is 55.7 Å². The predicted octanol–water partition coefficient (Wildman–Crippen LogP) is 3.70. The fraction of sp³-hybridized carbons (Fsp3) is 0.238. The molecule has 0 bridgehead atoms. The highest BCUT2D eigenvalue weighted by atomic mass is 35.5. The summed E-state index contributed by atoms with van der Waals surface area (Å²) in [5.74, 6) is -0.217. The molecule has 9 heteroatoms. The van der Waals surface area contributed by atoms with Crippen molar-refractivity contribution in [2.45, 2.75) is 37.8 Å². The van der Waals surface area contributed by atoms with E-state index in [0.717, 1.165) is 11.1 Å². The maximum atomic E-state index is 13.5. The molecule has 1 aliphatic heterocycles. The molecule has 156 valence electrons. The van der Waals surface area contributed by atoms with Crippen LogP contribution in [0.3, 0.4) is 0 Å². The van der Waals surface area contributed by atoms with E-state index in [-0.39, 0.29) is 29.3 Å². The van der Waals surface area contributed by atoms with Crippen LogP contribution in [0.2, 0.25) is 5.02 Å². The third-order valence-electron chi connectivity index (χ3n) is 5.15. The molecule has 1 aliphatic rings. The SMILES string of the molecule is Cc1noc(C)c1S(=O)(=O)N1Cc2ccccc2CC1C(=O)Nc1ccc(Cl)cc1. The number of aryl methyl sites for hydroxylation is 2. The fourth-order valence-corrected chi connectivity index (χ4v) is 5.68. The highest BCUT2D eigenvalue weighted by Crippen LogP contribution is 2.32. The van der Waals surface area contributed by atoms with E-state index in [1.54, 1.807) is 38.1 Å². The van der Waals surface area contributed by atoms with Crippen LogP contribution in [0.5, 0.6) is 0 Å². The van der Waals surface area contributed by atoms with E-state index in [2.05, 4.69) is 10.5 Å². The number of hydrogen-bond acceptors (Lipinski definition) is 5. The molecule has 1 atom stereocenters. The Morgan fingerprint density at radius 3 is 2.43 bits per heavy atom. The van der Waals surface area contributed by atoms with Crippen LogP contribution in [0.4, 0.5) is 5.69 Å². The summed E-state index contributed by atoms with van der Waals surface area (Å²) in [5.41, 5.74) is 2.61. The lowest BCUT2D eigenvalue weighted by Gasteiger charge is -2.34. The van der Waals surface area contributed by atoms with Crippen molar-refractivity contribution < 1.29 is 17.7 Å². The quantitative estimate of drug-likeness (QED) is 0.661. The van der Waals surface area contributed by atoms with Gasteiger partial charge in [0, 0.05) is 17.3 Å². The highest BCUT2D eigenvalue weighted by Gasteiger charge is 2.42. The van der Waals surface area contributed by atoms with E-state index in [9.17, 15) is 13.2 Å². The zero-order chi connectivity index (χ0) is 21.5. The Hall–Kier alpha value is -2.68. The van der Waals surface area contributed by atoms with Gasteiger partial charge in [0.05, 0.1) is 0 Å². The largest absolute Gasteiger partial charge is 0.360 e. The van der Waals surface area contributed by atoms with Crippen LogP contribution in [0.25, 0.3) is 0 Å². The van der Waals surface area contributed by atoms with Crippen LogP contribution in [0.1, 0.15) is 22.6 Å². The van der Waals surface area contributed by atoms with Crippen molar-refractivity contribution in [3.8, 4) is 0 Å². The first-order valence-corrected chi connectivity index (χ1v) is 11.2. The average Bonchev–Trinajstić information content (AvgIpc) is 3.07. The van der Waals surface area contributed by atoms with Gasteiger partial charge in [0.15, 0.2) is 5.76 Å². The van der Waals surface area contributed by atoms with Crippen molar-refractivity contribution in [1.29, 1.82) is 0 Å². The third kappa shape index (κ3) is 3.74. The van der Waals surface area contributed by atoms with Gasteiger partial charge < -0.3 is 9.84 Å². The number of rotatable bonds is 4. The molecule has 30 heavy (non-hydrogen) atoms. The number of carbonyl (C=O) groups is 1. The molecule has 7 nitrogen and oxygen atoms in total. The molecule has 1 amide bonds. The number of carbonyl (C=O) groups excluding carboxylic acids is 1. The number of aromatic nitrogens is 1. The predicted molar refractivity (Wildman–Crippen MR) is 113 cm³/mol. The molecule has 2 aromatic carbocycles. The molecule has 4 rings (SSSR count). The molecule has 0 spiro atoms. The van der Waals surface area contributed by atoms with Gasteiger partial charge in [-0.2, -0.15) is 4.31 Å². The normalized spacial score (nSPS) is 16.8. The zero-order valence-electron chi connectivity index (χ0n) is 16.4. The Morgan fingerprint density at radius 2 is 1.80 bits per heavy atom. The van der Waals surface area contributed by atoms with Crippen LogP contribution in [0.15, 0.2) is 57.9 Å². The first-order chi connectivity index (χ1) is 14.3. The summed E-state index contributed by atoms with van der Waals surface area (Å²) >= 11 is 5.91. The maximum absolute atomic E-state index is 13.5. The van der Waals surface area contributed by atoms with Crippen LogP contribution in [0, 0.1) is 13.8 Å². The molecule has 0 saturated heterocycles. The second kappa shape index (κ2) is 7.86. The molecule has 0 fully saturated rings. The van der Waals surface area contributed by atoms with Crippen LogP contribution < -0.4 is 5.32 Å². The number of nitrogens with one attached hydrogen (secondary N) is 1. The van der Waals surface area contributed by atoms with Gasteiger partial charge in [0.1, 0.15) is 16.6 Å². The molecule has 3 aromatic rings. The van der Waals surface area contributed by atoms with E-state index >= 15 is 0 Å². The molecule has 1 unspecified atom stereocenters. The lowest BCUT2D eigenvalue weighted by molar-refractivity contribution is -0.120. The van der Waals surface area contributed by atoms with Crippen molar-refractivity contribution in [2.75, 3.05) is 5.32 Å². The Balaban J connectivity index is 1.74. The molecule has 0 radical (unpaired) electrons. The van der Waals surface area contributed by atoms with Crippen molar-refractivity contribution >= 4 is 33.2 Å². The lowest BCUT2D eigenvalue weighted by Crippen LogP contribution is -2.50. The van der Waals surface area contributed by atoms with Crippen LogP contribution in [-0.2, 0) is 27.8 Å². The van der Waals surface area contributed by atoms with Crippen molar-refractivity contribution in [1.82, 2.24) is 9.46 Å². The topological polar surface area (TPSA) is 92.5 Å². The summed E-state index contributed by atoms with van der Waals surface area (Å²) in [5, 5.41) is 7.12. The van der Waals surface area contributed by atoms with Crippen LogP contribution in [-0.4, -0.2) is 29.8 Å². The summed E-state index contributed by atoms with van der Waals surface area (Å²) < 4.78 is 33.4. The average molecular weight is 446 g/mol. The Labute approximate surface area is 179 Å². The van der Waals surface area contributed by atoms with Gasteiger partial charge in [-0.15, -0.1) is 0 Å². The van der Waals surface area contributed by atoms with Gasteiger partial charge in [0.2, 0.25) is 15.9 Å². The second-order valence-corrected chi connectivity index (χ2v) is 9.45. The molecule has 1 aromatic heterocycles. The smallest absolute Gasteiger partial charge is 0.249 e. The summed E-state index contributed by atoms with van der Waals surface area (Å²) in [6, 6.07) is 13.3. The second-order valence-electron chi connectivity index (χ2n) is 7.19. The standard InChI is InChI=1S/C21H20ClN3O4S/c1-13-20(14(2)29-24-13)30(27,28)25-12-16-6-4-3-5-15(16)11-19(25)21(26)23-18-9-7-17(22)8-10-18/h3-10,19H,11-12H2,1-2H3,(H,23,26). The Bertz CT molecular complexity index is 1190. The number of amides is 1. The molecule has 2 heterocycles. The third-order valence-corrected chi connectivity index (χ3v) is 7.51. The number of benzene rings is 2. The Morgan fingerprint density at radius 1 is 1.13 bits per heavy atom. The molecular formula is C21H20ClN3O4S. The molecule has 1 N–H and O–H groups in total. The maximum Gasteiger partial charge on any atom is 0.249 e. The van der Waals surface area contributed by atoms with E-state index < -0.39 is 22.0 Å². The minimum absolute atomic E-state index is 0.00572. The Kier molecular flexibility index (Phi) is 5.40. The number of halogens is 1. The lowest BCUT2D eigenvalue weighted by atomic mass is 9.95. The van der Waals surface area contributed by atoms with E-state index in [1.165, 1.54) is 4.31 Å². The number of anilines is 1. The number of nitrogens with zero attached hydrogens (tertiary/aromatic N) is 2. The van der Waals surface area contributed by atoms with E-state index in [4.69, 9.17) is 16.1 Å². The number of hydrogen-bond donors (Lipinski definition) is 1. The zero-order valence-corrected chi connectivity index (χ0v) is 18.0. The molecule has 0 saturated carbocycles. The van der Waals surface area contributed by atoms with Gasteiger partial charge in [-0.3, -0.25) is 4.79 Å². The monoisotopic (exact) mass is 445 g/mol. The van der Waals surface area contributed by atoms with Gasteiger partial charge in [-0.25, -0.2) is 8.42 Å². The number of sulfonamides is 1. The molecule has 0 aliphatic carbocycles. The molecular weight excluding hydrogens is 426 g/mol. The minimum Gasteiger partial charge on any atom is -0.360 e.